The summed E-state index contributed by atoms with van der Waals surface area (Å²) in [5.41, 5.74) is 0.554. The molecule has 4 heteroatoms. The molecular formula is C15H24N2O2. The number of hydrogen-bond acceptors (Lipinski definition) is 3. The van der Waals surface area contributed by atoms with Crippen molar-refractivity contribution in [1.82, 2.24) is 4.90 Å². The van der Waals surface area contributed by atoms with Crippen LogP contribution in [0.4, 0.5) is 5.69 Å². The molecule has 0 saturated heterocycles. The van der Waals surface area contributed by atoms with Gasteiger partial charge in [0.15, 0.2) is 0 Å². The number of amides is 1. The van der Waals surface area contributed by atoms with Crippen molar-refractivity contribution in [3.63, 3.8) is 0 Å². The summed E-state index contributed by atoms with van der Waals surface area (Å²) in [6, 6.07) is 7.70. The molecule has 1 rings (SSSR count). The number of hydrogen-bond donors (Lipinski definition) is 2. The summed E-state index contributed by atoms with van der Waals surface area (Å²) in [4.78, 5) is 13.9. The molecular weight excluding hydrogens is 240 g/mol. The number of carbonyl (C=O) groups is 1. The Morgan fingerprint density at radius 2 is 1.95 bits per heavy atom. The number of rotatable bonds is 5. The van der Waals surface area contributed by atoms with Crippen molar-refractivity contribution in [3.8, 4) is 0 Å². The van der Waals surface area contributed by atoms with E-state index in [1.165, 1.54) is 0 Å². The third-order valence-corrected chi connectivity index (χ3v) is 2.57. The van der Waals surface area contributed by atoms with Crippen LogP contribution in [0.5, 0.6) is 0 Å². The maximum absolute atomic E-state index is 12.4. The highest BCUT2D eigenvalue weighted by Gasteiger charge is 2.22. The Labute approximate surface area is 115 Å². The summed E-state index contributed by atoms with van der Waals surface area (Å²) < 4.78 is 0. The van der Waals surface area contributed by atoms with Gasteiger partial charge in [-0.05, 0) is 39.8 Å². The van der Waals surface area contributed by atoms with Gasteiger partial charge in [0.1, 0.15) is 0 Å². The molecule has 0 atom stereocenters. The molecule has 1 aromatic rings. The van der Waals surface area contributed by atoms with Crippen molar-refractivity contribution in [2.75, 3.05) is 18.9 Å². The lowest BCUT2D eigenvalue weighted by Crippen LogP contribution is -2.40. The minimum Gasteiger partial charge on any atom is -0.389 e. The molecule has 19 heavy (non-hydrogen) atoms. The number of benzene rings is 1. The summed E-state index contributed by atoms with van der Waals surface area (Å²) in [6.07, 6.45) is 0. The predicted molar refractivity (Wildman–Crippen MR) is 78.5 cm³/mol. The summed E-state index contributed by atoms with van der Waals surface area (Å²) >= 11 is 0. The highest BCUT2D eigenvalue weighted by molar-refractivity contribution is 5.99. The Morgan fingerprint density at radius 3 is 2.47 bits per heavy atom. The van der Waals surface area contributed by atoms with Crippen LogP contribution in [0.3, 0.4) is 0 Å². The van der Waals surface area contributed by atoms with E-state index in [2.05, 4.69) is 5.32 Å². The zero-order valence-corrected chi connectivity index (χ0v) is 12.4. The second kappa shape index (κ2) is 6.06. The van der Waals surface area contributed by atoms with Crippen molar-refractivity contribution in [1.29, 1.82) is 0 Å². The summed E-state index contributed by atoms with van der Waals surface area (Å²) in [5.74, 6) is -0.0918. The minimum atomic E-state index is -0.898. The molecule has 0 unspecified atom stereocenters. The first-order valence-corrected chi connectivity index (χ1v) is 6.54. The monoisotopic (exact) mass is 264 g/mol. The Morgan fingerprint density at radius 1 is 1.37 bits per heavy atom. The van der Waals surface area contributed by atoms with Gasteiger partial charge in [-0.3, -0.25) is 4.79 Å². The number of nitrogens with one attached hydrogen (secondary N) is 1. The number of carbonyl (C=O) groups excluding carboxylic acids is 1. The first-order valence-electron chi connectivity index (χ1n) is 6.54. The number of para-hydroxylation sites is 1. The first-order chi connectivity index (χ1) is 8.70. The largest absolute Gasteiger partial charge is 0.389 e. The Bertz CT molecular complexity index is 436. The van der Waals surface area contributed by atoms with Crippen molar-refractivity contribution in [3.05, 3.63) is 29.8 Å². The third-order valence-electron chi connectivity index (χ3n) is 2.57. The normalized spacial score (nSPS) is 11.5. The summed E-state index contributed by atoms with van der Waals surface area (Å²) in [7, 11) is 1.70. The number of anilines is 1. The van der Waals surface area contributed by atoms with Gasteiger partial charge in [0.05, 0.1) is 11.2 Å². The molecule has 0 aliphatic carbocycles. The Balaban J connectivity index is 2.93. The van der Waals surface area contributed by atoms with E-state index in [9.17, 15) is 9.90 Å². The highest BCUT2D eigenvalue weighted by Crippen LogP contribution is 2.18. The minimum absolute atomic E-state index is 0.0918. The van der Waals surface area contributed by atoms with E-state index >= 15 is 0 Å². The molecule has 0 aliphatic rings. The van der Waals surface area contributed by atoms with Crippen LogP contribution in [0.1, 0.15) is 38.1 Å². The van der Waals surface area contributed by atoms with E-state index in [0.717, 1.165) is 5.69 Å². The van der Waals surface area contributed by atoms with Gasteiger partial charge in [-0.25, -0.2) is 0 Å². The molecule has 4 nitrogen and oxygen atoms in total. The molecule has 0 heterocycles. The zero-order valence-electron chi connectivity index (χ0n) is 12.4. The van der Waals surface area contributed by atoms with Gasteiger partial charge in [0, 0.05) is 25.3 Å². The van der Waals surface area contributed by atoms with Gasteiger partial charge in [-0.1, -0.05) is 12.1 Å². The molecule has 0 saturated carbocycles. The van der Waals surface area contributed by atoms with Crippen molar-refractivity contribution >= 4 is 11.6 Å². The topological polar surface area (TPSA) is 52.6 Å². The number of nitrogens with zero attached hydrogens (tertiary/aromatic N) is 1. The summed E-state index contributed by atoms with van der Waals surface area (Å²) in [6.45, 7) is 7.73. The maximum Gasteiger partial charge on any atom is 0.255 e. The van der Waals surface area contributed by atoms with E-state index in [4.69, 9.17) is 0 Å². The second-order valence-corrected chi connectivity index (χ2v) is 5.82. The average Bonchev–Trinajstić information content (AvgIpc) is 2.25. The van der Waals surface area contributed by atoms with Crippen LogP contribution in [-0.2, 0) is 0 Å². The molecule has 1 aromatic carbocycles. The second-order valence-electron chi connectivity index (χ2n) is 5.82. The van der Waals surface area contributed by atoms with Crippen LogP contribution in [0, 0.1) is 0 Å². The molecule has 0 spiro atoms. The van der Waals surface area contributed by atoms with Crippen LogP contribution in [-0.4, -0.2) is 41.1 Å². The molecule has 1 amide bonds. The lowest BCUT2D eigenvalue weighted by Gasteiger charge is -2.26. The zero-order chi connectivity index (χ0) is 14.6. The number of aliphatic hydroxyl groups is 1. The molecule has 0 radical (unpaired) electrons. The molecule has 0 fully saturated rings. The van der Waals surface area contributed by atoms with Gasteiger partial charge in [0.2, 0.25) is 0 Å². The molecule has 106 valence electrons. The molecule has 2 N–H and O–H groups in total. The summed E-state index contributed by atoms with van der Waals surface area (Å²) in [5, 5.41) is 13.1. The fraction of sp³-hybridized carbons (Fsp3) is 0.533. The fourth-order valence-electron chi connectivity index (χ4n) is 1.96. The highest BCUT2D eigenvalue weighted by atomic mass is 16.3. The Hall–Kier alpha value is -1.55. The van der Waals surface area contributed by atoms with Crippen molar-refractivity contribution in [2.24, 2.45) is 0 Å². The Kier molecular flexibility index (Phi) is 4.95. The van der Waals surface area contributed by atoms with Crippen LogP contribution in [0.15, 0.2) is 24.3 Å². The van der Waals surface area contributed by atoms with E-state index in [1.807, 2.05) is 32.0 Å². The predicted octanol–water partition coefficient (Wildman–Crippen LogP) is 2.35. The van der Waals surface area contributed by atoms with Gasteiger partial charge in [0.25, 0.3) is 5.91 Å². The van der Waals surface area contributed by atoms with Crippen LogP contribution >= 0.6 is 0 Å². The van der Waals surface area contributed by atoms with E-state index in [0.29, 0.717) is 12.1 Å². The number of likely N-dealkylation sites (N-methyl/N-ethyl adjacent to an activating group) is 1. The van der Waals surface area contributed by atoms with Crippen molar-refractivity contribution < 1.29 is 9.90 Å². The maximum atomic E-state index is 12.4. The average molecular weight is 264 g/mol. The molecule has 0 aliphatic heterocycles. The molecule has 0 bridgehead atoms. The van der Waals surface area contributed by atoms with E-state index < -0.39 is 5.60 Å². The van der Waals surface area contributed by atoms with Crippen molar-refractivity contribution in [2.45, 2.75) is 39.3 Å². The van der Waals surface area contributed by atoms with E-state index in [-0.39, 0.29) is 11.9 Å². The van der Waals surface area contributed by atoms with Gasteiger partial charge >= 0.3 is 0 Å². The smallest absolute Gasteiger partial charge is 0.255 e. The van der Waals surface area contributed by atoms with Gasteiger partial charge < -0.3 is 15.3 Å². The van der Waals surface area contributed by atoms with E-state index in [1.54, 1.807) is 31.9 Å². The third kappa shape index (κ3) is 4.91. The van der Waals surface area contributed by atoms with Gasteiger partial charge in [-0.2, -0.15) is 0 Å². The van der Waals surface area contributed by atoms with Crippen LogP contribution in [0.25, 0.3) is 0 Å². The quantitative estimate of drug-likeness (QED) is 0.858. The first kappa shape index (κ1) is 15.5. The standard InChI is InChI=1S/C15H24N2O2/c1-11(2)16-13-9-7-6-8-12(13)14(18)17(5)10-15(3,4)19/h6-9,11,16,19H,10H2,1-5H3. The fourth-order valence-corrected chi connectivity index (χ4v) is 1.96. The van der Waals surface area contributed by atoms with Crippen LogP contribution < -0.4 is 5.32 Å². The SMILES string of the molecule is CC(C)Nc1ccccc1C(=O)N(C)CC(C)(C)O. The lowest BCUT2D eigenvalue weighted by molar-refractivity contribution is 0.0368. The van der Waals surface area contributed by atoms with Crippen LogP contribution in [0.2, 0.25) is 0 Å². The lowest BCUT2D eigenvalue weighted by atomic mass is 10.1. The molecule has 0 aromatic heterocycles. The van der Waals surface area contributed by atoms with Gasteiger partial charge in [-0.15, -0.1) is 0 Å².